The fraction of sp³-hybridized carbons (Fsp3) is 0.529. The smallest absolute Gasteiger partial charge is 0.240 e. The zero-order chi connectivity index (χ0) is 14.9. The number of rotatable bonds is 6. The maximum atomic E-state index is 11.8. The van der Waals surface area contributed by atoms with E-state index in [1.54, 1.807) is 0 Å². The van der Waals surface area contributed by atoms with Gasteiger partial charge in [0, 0.05) is 38.1 Å². The molecule has 1 fully saturated rings. The van der Waals surface area contributed by atoms with Crippen molar-refractivity contribution < 1.29 is 4.79 Å². The number of piperidine rings is 1. The van der Waals surface area contributed by atoms with Crippen LogP contribution in [0, 0.1) is 0 Å². The van der Waals surface area contributed by atoms with Gasteiger partial charge in [-0.25, -0.2) is 5.43 Å². The van der Waals surface area contributed by atoms with Gasteiger partial charge < -0.3 is 4.90 Å². The predicted molar refractivity (Wildman–Crippen MR) is 86.3 cm³/mol. The Kier molecular flexibility index (Phi) is 6.41. The predicted octanol–water partition coefficient (Wildman–Crippen LogP) is 2.60. The average molecular weight is 287 g/mol. The van der Waals surface area contributed by atoms with Crippen LogP contribution in [-0.4, -0.2) is 36.2 Å². The molecule has 21 heavy (non-hydrogen) atoms. The average Bonchev–Trinajstić information content (AvgIpc) is 2.53. The Morgan fingerprint density at radius 3 is 2.62 bits per heavy atom. The first kappa shape index (κ1) is 15.7. The second kappa shape index (κ2) is 8.57. The normalized spacial score (nSPS) is 15.8. The molecule has 1 N–H and O–H groups in total. The van der Waals surface area contributed by atoms with Crippen molar-refractivity contribution in [1.29, 1.82) is 0 Å². The molecule has 4 heteroatoms. The Bertz CT molecular complexity index is 460. The SMILES string of the molecule is CCCN1CCC(=NNC(=O)CCc2ccccc2)CC1. The lowest BCUT2D eigenvalue weighted by Crippen LogP contribution is -2.35. The highest BCUT2D eigenvalue weighted by Gasteiger charge is 2.14. The van der Waals surface area contributed by atoms with Crippen molar-refractivity contribution in [3.63, 3.8) is 0 Å². The summed E-state index contributed by atoms with van der Waals surface area (Å²) in [5, 5.41) is 4.28. The molecule has 1 amide bonds. The molecule has 0 bridgehead atoms. The molecule has 0 unspecified atom stereocenters. The maximum absolute atomic E-state index is 11.8. The molecule has 1 aliphatic rings. The fourth-order valence-corrected chi connectivity index (χ4v) is 2.56. The number of hydrazone groups is 1. The van der Waals surface area contributed by atoms with Gasteiger partial charge in [-0.05, 0) is 24.9 Å². The molecule has 1 aliphatic heterocycles. The summed E-state index contributed by atoms with van der Waals surface area (Å²) in [6.45, 7) is 5.49. The number of benzene rings is 1. The van der Waals surface area contributed by atoms with Crippen molar-refractivity contribution in [3.8, 4) is 0 Å². The number of nitrogens with one attached hydrogen (secondary N) is 1. The zero-order valence-corrected chi connectivity index (χ0v) is 12.8. The lowest BCUT2D eigenvalue weighted by Gasteiger charge is -2.26. The van der Waals surface area contributed by atoms with Crippen LogP contribution in [0.2, 0.25) is 0 Å². The van der Waals surface area contributed by atoms with Crippen molar-refractivity contribution in [2.75, 3.05) is 19.6 Å². The van der Waals surface area contributed by atoms with Gasteiger partial charge in [0.05, 0.1) is 0 Å². The molecule has 1 aromatic rings. The third kappa shape index (κ3) is 5.68. The molecule has 0 spiro atoms. The van der Waals surface area contributed by atoms with Crippen LogP contribution in [0.3, 0.4) is 0 Å². The van der Waals surface area contributed by atoms with Gasteiger partial charge in [-0.15, -0.1) is 0 Å². The van der Waals surface area contributed by atoms with Crippen LogP contribution < -0.4 is 5.43 Å². The summed E-state index contributed by atoms with van der Waals surface area (Å²) in [6, 6.07) is 10.1. The van der Waals surface area contributed by atoms with Gasteiger partial charge >= 0.3 is 0 Å². The van der Waals surface area contributed by atoms with Crippen LogP contribution in [0.25, 0.3) is 0 Å². The topological polar surface area (TPSA) is 44.7 Å². The van der Waals surface area contributed by atoms with E-state index < -0.39 is 0 Å². The molecule has 0 atom stereocenters. The first-order valence-electron chi connectivity index (χ1n) is 7.88. The van der Waals surface area contributed by atoms with Crippen LogP contribution in [-0.2, 0) is 11.2 Å². The third-order valence-corrected chi connectivity index (χ3v) is 3.80. The molecule has 0 radical (unpaired) electrons. The van der Waals surface area contributed by atoms with Crippen LogP contribution in [0.15, 0.2) is 35.4 Å². The minimum Gasteiger partial charge on any atom is -0.303 e. The van der Waals surface area contributed by atoms with Gasteiger partial charge in [0.1, 0.15) is 0 Å². The Labute approximate surface area is 127 Å². The van der Waals surface area contributed by atoms with Crippen molar-refractivity contribution in [3.05, 3.63) is 35.9 Å². The quantitative estimate of drug-likeness (QED) is 0.817. The molecule has 1 heterocycles. The summed E-state index contributed by atoms with van der Waals surface area (Å²) in [5.74, 6) is 0.00217. The summed E-state index contributed by atoms with van der Waals surface area (Å²) in [5.41, 5.74) is 5.01. The minimum absolute atomic E-state index is 0.00217. The van der Waals surface area contributed by atoms with Gasteiger partial charge in [-0.3, -0.25) is 4.79 Å². The summed E-state index contributed by atoms with van der Waals surface area (Å²) >= 11 is 0. The van der Waals surface area contributed by atoms with Crippen molar-refractivity contribution in [2.45, 2.75) is 39.0 Å². The number of carbonyl (C=O) groups excluding carboxylic acids is 1. The van der Waals surface area contributed by atoms with Crippen LogP contribution in [0.4, 0.5) is 0 Å². The van der Waals surface area contributed by atoms with E-state index in [2.05, 4.69) is 22.4 Å². The number of hydrogen-bond acceptors (Lipinski definition) is 3. The summed E-state index contributed by atoms with van der Waals surface area (Å²) in [4.78, 5) is 14.3. The molecular formula is C17H25N3O. The van der Waals surface area contributed by atoms with E-state index in [1.165, 1.54) is 12.0 Å². The van der Waals surface area contributed by atoms with E-state index in [0.717, 1.165) is 44.6 Å². The first-order chi connectivity index (χ1) is 10.3. The van der Waals surface area contributed by atoms with E-state index in [4.69, 9.17) is 0 Å². The molecule has 0 aliphatic carbocycles. The zero-order valence-electron chi connectivity index (χ0n) is 12.8. The minimum atomic E-state index is 0.00217. The molecule has 0 saturated carbocycles. The van der Waals surface area contributed by atoms with Crippen molar-refractivity contribution in [2.24, 2.45) is 5.10 Å². The molecular weight excluding hydrogens is 262 g/mol. The van der Waals surface area contributed by atoms with Gasteiger partial charge in [0.25, 0.3) is 0 Å². The van der Waals surface area contributed by atoms with E-state index in [-0.39, 0.29) is 5.91 Å². The first-order valence-corrected chi connectivity index (χ1v) is 7.88. The highest BCUT2D eigenvalue weighted by atomic mass is 16.2. The number of likely N-dealkylation sites (tertiary alicyclic amines) is 1. The van der Waals surface area contributed by atoms with E-state index in [9.17, 15) is 4.79 Å². The molecule has 1 saturated heterocycles. The number of carbonyl (C=O) groups is 1. The van der Waals surface area contributed by atoms with Crippen LogP contribution >= 0.6 is 0 Å². The summed E-state index contributed by atoms with van der Waals surface area (Å²) in [7, 11) is 0. The Morgan fingerprint density at radius 2 is 1.95 bits per heavy atom. The Balaban J connectivity index is 1.68. The van der Waals surface area contributed by atoms with Gasteiger partial charge in [0.15, 0.2) is 0 Å². The number of nitrogens with zero attached hydrogens (tertiary/aromatic N) is 2. The van der Waals surface area contributed by atoms with Crippen LogP contribution in [0.5, 0.6) is 0 Å². The van der Waals surface area contributed by atoms with Gasteiger partial charge in [-0.2, -0.15) is 5.10 Å². The maximum Gasteiger partial charge on any atom is 0.240 e. The summed E-state index contributed by atoms with van der Waals surface area (Å²) in [6.07, 6.45) is 4.39. The monoisotopic (exact) mass is 287 g/mol. The Hall–Kier alpha value is -1.68. The van der Waals surface area contributed by atoms with E-state index in [1.807, 2.05) is 30.3 Å². The number of amides is 1. The largest absolute Gasteiger partial charge is 0.303 e. The number of hydrogen-bond donors (Lipinski definition) is 1. The molecule has 1 aromatic carbocycles. The second-order valence-electron chi connectivity index (χ2n) is 5.54. The van der Waals surface area contributed by atoms with E-state index >= 15 is 0 Å². The molecule has 114 valence electrons. The lowest BCUT2D eigenvalue weighted by atomic mass is 10.1. The van der Waals surface area contributed by atoms with Gasteiger partial charge in [-0.1, -0.05) is 37.3 Å². The molecule has 4 nitrogen and oxygen atoms in total. The van der Waals surface area contributed by atoms with Crippen LogP contribution in [0.1, 0.15) is 38.2 Å². The Morgan fingerprint density at radius 1 is 1.24 bits per heavy atom. The third-order valence-electron chi connectivity index (χ3n) is 3.80. The molecule has 0 aromatic heterocycles. The summed E-state index contributed by atoms with van der Waals surface area (Å²) < 4.78 is 0. The fourth-order valence-electron chi connectivity index (χ4n) is 2.56. The second-order valence-corrected chi connectivity index (χ2v) is 5.54. The van der Waals surface area contributed by atoms with Gasteiger partial charge in [0.2, 0.25) is 5.91 Å². The number of aryl methyl sites for hydroxylation is 1. The molecule has 2 rings (SSSR count). The lowest BCUT2D eigenvalue weighted by molar-refractivity contribution is -0.121. The van der Waals surface area contributed by atoms with Crippen molar-refractivity contribution >= 4 is 11.6 Å². The van der Waals surface area contributed by atoms with E-state index in [0.29, 0.717) is 6.42 Å². The van der Waals surface area contributed by atoms with Crippen molar-refractivity contribution in [1.82, 2.24) is 10.3 Å². The standard InChI is InChI=1S/C17H25N3O/c1-2-12-20-13-10-16(11-14-20)18-19-17(21)9-8-15-6-4-3-5-7-15/h3-7H,2,8-14H2,1H3,(H,19,21). The highest BCUT2D eigenvalue weighted by molar-refractivity contribution is 5.87. The highest BCUT2D eigenvalue weighted by Crippen LogP contribution is 2.07.